The van der Waals surface area contributed by atoms with Crippen molar-refractivity contribution in [3.8, 4) is 0 Å². The zero-order valence-electron chi connectivity index (χ0n) is 6.82. The summed E-state index contributed by atoms with van der Waals surface area (Å²) in [5.41, 5.74) is 0.146. The van der Waals surface area contributed by atoms with Gasteiger partial charge in [-0.25, -0.2) is 0 Å². The minimum Gasteiger partial charge on any atom is -0.353 e. The predicted molar refractivity (Wildman–Crippen MR) is 55.0 cm³/mol. The number of carbonyl (C=O) groups excluding carboxylic acids is 2. The molecular weight excluding hydrogens is 299 g/mol. The van der Waals surface area contributed by atoms with E-state index in [1.54, 1.807) is 6.07 Å². The average molecular weight is 304 g/mol. The molecule has 1 aliphatic carbocycles. The van der Waals surface area contributed by atoms with Crippen LogP contribution in [0.4, 0.5) is 0 Å². The summed E-state index contributed by atoms with van der Waals surface area (Å²) < 4.78 is 0.764. The second-order valence-corrected chi connectivity index (χ2v) is 4.27. The summed E-state index contributed by atoms with van der Waals surface area (Å²) in [6.45, 7) is 0. The predicted octanol–water partition coefficient (Wildman–Crippen LogP) is 0.351. The lowest BCUT2D eigenvalue weighted by Gasteiger charge is -2.08. The number of hydrogen-bond acceptors (Lipinski definition) is 4. The van der Waals surface area contributed by atoms with E-state index in [2.05, 4.69) is 0 Å². The molecule has 2 N–H and O–H groups in total. The Balaban J connectivity index is 2.71. The molecule has 0 aliphatic heterocycles. The Morgan fingerprint density at radius 2 is 1.64 bits per heavy atom. The molecule has 14 heavy (non-hydrogen) atoms. The highest BCUT2D eigenvalue weighted by molar-refractivity contribution is 14.1. The van der Waals surface area contributed by atoms with E-state index in [0.717, 1.165) is 3.57 Å². The van der Waals surface area contributed by atoms with Crippen molar-refractivity contribution in [2.75, 3.05) is 0 Å². The summed E-state index contributed by atoms with van der Waals surface area (Å²) in [6, 6.07) is 4.52. The first-order valence-electron chi connectivity index (χ1n) is 3.78. The van der Waals surface area contributed by atoms with E-state index in [4.69, 9.17) is 0 Å². The maximum Gasteiger partial charge on any atom is 0.295 e. The third kappa shape index (κ3) is 1.13. The molecule has 1 aromatic carbocycles. The molecule has 72 valence electrons. The highest BCUT2D eigenvalue weighted by Crippen LogP contribution is 2.29. The first-order chi connectivity index (χ1) is 6.44. The van der Waals surface area contributed by atoms with Crippen molar-refractivity contribution in [1.29, 1.82) is 0 Å². The van der Waals surface area contributed by atoms with Gasteiger partial charge in [-0.3, -0.25) is 9.59 Å². The van der Waals surface area contributed by atoms with Crippen LogP contribution in [-0.4, -0.2) is 27.6 Å². The van der Waals surface area contributed by atoms with Gasteiger partial charge in [-0.05, 0) is 40.8 Å². The Morgan fingerprint density at radius 3 is 2.29 bits per heavy atom. The van der Waals surface area contributed by atoms with Crippen LogP contribution in [-0.2, 0) is 0 Å². The van der Waals surface area contributed by atoms with E-state index < -0.39 is 17.4 Å². The van der Waals surface area contributed by atoms with Gasteiger partial charge in [0.25, 0.3) is 5.79 Å². The van der Waals surface area contributed by atoms with E-state index in [9.17, 15) is 19.8 Å². The number of aliphatic hydroxyl groups is 2. The van der Waals surface area contributed by atoms with Gasteiger partial charge < -0.3 is 10.2 Å². The molecule has 0 aromatic heterocycles. The number of rotatable bonds is 0. The molecule has 2 rings (SSSR count). The quantitative estimate of drug-likeness (QED) is 0.412. The lowest BCUT2D eigenvalue weighted by Crippen LogP contribution is -2.40. The molecule has 0 radical (unpaired) electrons. The van der Waals surface area contributed by atoms with Crippen molar-refractivity contribution in [2.24, 2.45) is 0 Å². The van der Waals surface area contributed by atoms with Crippen LogP contribution in [0.2, 0.25) is 0 Å². The van der Waals surface area contributed by atoms with Gasteiger partial charge in [0.05, 0.1) is 0 Å². The number of Topliss-reactive ketones (excluding diaryl/α,β-unsaturated/α-hetero) is 2. The molecule has 0 unspecified atom stereocenters. The van der Waals surface area contributed by atoms with Crippen molar-refractivity contribution < 1.29 is 19.8 Å². The van der Waals surface area contributed by atoms with E-state index in [0.29, 0.717) is 0 Å². The fourth-order valence-corrected chi connectivity index (χ4v) is 1.87. The van der Waals surface area contributed by atoms with Gasteiger partial charge in [-0.2, -0.15) is 0 Å². The number of ketones is 2. The number of benzene rings is 1. The lowest BCUT2D eigenvalue weighted by molar-refractivity contribution is -0.0857. The van der Waals surface area contributed by atoms with Crippen molar-refractivity contribution in [3.05, 3.63) is 32.9 Å². The molecule has 0 bridgehead atoms. The molecule has 1 aromatic rings. The van der Waals surface area contributed by atoms with Crippen molar-refractivity contribution in [1.82, 2.24) is 0 Å². The van der Waals surface area contributed by atoms with Crippen LogP contribution in [0, 0.1) is 3.57 Å². The van der Waals surface area contributed by atoms with Gasteiger partial charge in [0.15, 0.2) is 0 Å². The Bertz CT molecular complexity index is 450. The molecule has 0 saturated carbocycles. The van der Waals surface area contributed by atoms with Gasteiger partial charge in [-0.15, -0.1) is 0 Å². The minimum atomic E-state index is -2.87. The molecule has 0 fully saturated rings. The summed E-state index contributed by atoms with van der Waals surface area (Å²) in [7, 11) is 0. The van der Waals surface area contributed by atoms with Gasteiger partial charge in [0, 0.05) is 14.7 Å². The normalized spacial score (nSPS) is 18.5. The zero-order valence-corrected chi connectivity index (χ0v) is 8.98. The van der Waals surface area contributed by atoms with Crippen LogP contribution in [0.3, 0.4) is 0 Å². The molecule has 0 saturated heterocycles. The molecule has 0 atom stereocenters. The smallest absolute Gasteiger partial charge is 0.295 e. The van der Waals surface area contributed by atoms with Gasteiger partial charge >= 0.3 is 0 Å². The molecule has 0 amide bonds. The summed E-state index contributed by atoms with van der Waals surface area (Å²) in [5, 5.41) is 18.4. The van der Waals surface area contributed by atoms with E-state index in [-0.39, 0.29) is 11.1 Å². The average Bonchev–Trinajstić information content (AvgIpc) is 2.29. The molecule has 5 heteroatoms. The Labute approximate surface area is 92.7 Å². The maximum atomic E-state index is 11.4. The summed E-state index contributed by atoms with van der Waals surface area (Å²) in [6.07, 6.45) is 0. The topological polar surface area (TPSA) is 74.6 Å². The van der Waals surface area contributed by atoms with Crippen molar-refractivity contribution >= 4 is 34.2 Å². The van der Waals surface area contributed by atoms with E-state index >= 15 is 0 Å². The lowest BCUT2D eigenvalue weighted by atomic mass is 10.1. The largest absolute Gasteiger partial charge is 0.353 e. The zero-order chi connectivity index (χ0) is 10.5. The van der Waals surface area contributed by atoms with Crippen LogP contribution in [0.25, 0.3) is 0 Å². The van der Waals surface area contributed by atoms with Crippen LogP contribution in [0.15, 0.2) is 18.2 Å². The van der Waals surface area contributed by atoms with Crippen LogP contribution in [0.5, 0.6) is 0 Å². The van der Waals surface area contributed by atoms with E-state index in [1.807, 2.05) is 22.6 Å². The fraction of sp³-hybridized carbons (Fsp3) is 0.111. The highest BCUT2D eigenvalue weighted by atomic mass is 127. The van der Waals surface area contributed by atoms with Gasteiger partial charge in [0.1, 0.15) is 0 Å². The Kier molecular flexibility index (Phi) is 1.98. The minimum absolute atomic E-state index is 0.0698. The highest BCUT2D eigenvalue weighted by Gasteiger charge is 2.50. The van der Waals surface area contributed by atoms with Crippen molar-refractivity contribution in [3.63, 3.8) is 0 Å². The third-order valence-corrected chi connectivity index (χ3v) is 2.78. The maximum absolute atomic E-state index is 11.4. The fourth-order valence-electron chi connectivity index (χ4n) is 1.38. The molecule has 0 spiro atoms. The number of fused-ring (bicyclic) bond motifs is 1. The summed E-state index contributed by atoms with van der Waals surface area (Å²) in [4.78, 5) is 22.7. The van der Waals surface area contributed by atoms with Crippen LogP contribution < -0.4 is 0 Å². The monoisotopic (exact) mass is 304 g/mol. The second kappa shape index (κ2) is 2.85. The van der Waals surface area contributed by atoms with Crippen molar-refractivity contribution in [2.45, 2.75) is 5.79 Å². The first kappa shape index (κ1) is 9.75. The summed E-state index contributed by atoms with van der Waals surface area (Å²) >= 11 is 1.98. The standard InChI is InChI=1S/C9H5IO4/c10-4-1-2-5-6(3-4)8(12)9(13,14)7(5)11/h1-3,13-14H. The Morgan fingerprint density at radius 1 is 1.07 bits per heavy atom. The molecule has 1 aliphatic rings. The Hall–Kier alpha value is -0.790. The SMILES string of the molecule is O=C1c2ccc(I)cc2C(=O)C1(O)O. The van der Waals surface area contributed by atoms with Crippen LogP contribution >= 0.6 is 22.6 Å². The molecule has 4 nitrogen and oxygen atoms in total. The molecular formula is C9H5IO4. The van der Waals surface area contributed by atoms with E-state index in [1.165, 1.54) is 12.1 Å². The number of halogens is 1. The number of carbonyl (C=O) groups is 2. The van der Waals surface area contributed by atoms with Gasteiger partial charge in [-0.1, -0.05) is 0 Å². The summed E-state index contributed by atoms with van der Waals surface area (Å²) in [5.74, 6) is -4.77. The first-order valence-corrected chi connectivity index (χ1v) is 4.86. The molecule has 0 heterocycles. The van der Waals surface area contributed by atoms with Crippen LogP contribution in [0.1, 0.15) is 20.7 Å². The van der Waals surface area contributed by atoms with Gasteiger partial charge in [0.2, 0.25) is 11.6 Å². The second-order valence-electron chi connectivity index (χ2n) is 3.02. The third-order valence-electron chi connectivity index (χ3n) is 2.10. The number of hydrogen-bond donors (Lipinski definition) is 2.